The molecule has 1 unspecified atom stereocenters. The van der Waals surface area contributed by atoms with Gasteiger partial charge in [0.1, 0.15) is 17.5 Å². The van der Waals surface area contributed by atoms with Gasteiger partial charge in [-0.1, -0.05) is 20.8 Å². The molecule has 1 saturated heterocycles. The van der Waals surface area contributed by atoms with Gasteiger partial charge in [0.15, 0.2) is 0 Å². The summed E-state index contributed by atoms with van der Waals surface area (Å²) in [5.41, 5.74) is -0.0572. The minimum atomic E-state index is -0.0572. The van der Waals surface area contributed by atoms with Crippen molar-refractivity contribution in [2.24, 2.45) is 5.92 Å². The summed E-state index contributed by atoms with van der Waals surface area (Å²) in [6.07, 6.45) is 1.13. The highest BCUT2D eigenvalue weighted by Gasteiger charge is 2.20. The molecule has 112 valence electrons. The third-order valence-electron chi connectivity index (χ3n) is 3.35. The summed E-state index contributed by atoms with van der Waals surface area (Å²) in [5.74, 6) is 3.23. The van der Waals surface area contributed by atoms with E-state index in [0.29, 0.717) is 5.92 Å². The Hall–Kier alpha value is -1.36. The van der Waals surface area contributed by atoms with Crippen molar-refractivity contribution in [3.05, 3.63) is 11.9 Å². The van der Waals surface area contributed by atoms with Gasteiger partial charge in [-0.25, -0.2) is 9.97 Å². The van der Waals surface area contributed by atoms with Crippen molar-refractivity contribution in [3.63, 3.8) is 0 Å². The normalized spacial score (nSPS) is 19.1. The van der Waals surface area contributed by atoms with Crippen molar-refractivity contribution in [2.75, 3.05) is 36.9 Å². The third-order valence-corrected chi connectivity index (χ3v) is 3.35. The van der Waals surface area contributed by atoms with Crippen molar-refractivity contribution in [2.45, 2.75) is 39.5 Å². The molecular weight excluding hydrogens is 252 g/mol. The van der Waals surface area contributed by atoms with Gasteiger partial charge >= 0.3 is 0 Å². The van der Waals surface area contributed by atoms with Gasteiger partial charge in [-0.2, -0.15) is 0 Å². The van der Waals surface area contributed by atoms with Gasteiger partial charge in [-0.05, 0) is 13.3 Å². The molecule has 2 N–H and O–H groups in total. The molecule has 1 aromatic heterocycles. The monoisotopic (exact) mass is 278 g/mol. The van der Waals surface area contributed by atoms with Crippen LogP contribution in [0.25, 0.3) is 0 Å². The average molecular weight is 278 g/mol. The molecule has 2 rings (SSSR count). The minimum Gasteiger partial charge on any atom is -0.381 e. The summed E-state index contributed by atoms with van der Waals surface area (Å²) in [6, 6.07) is 1.98. The van der Waals surface area contributed by atoms with Crippen LogP contribution >= 0.6 is 0 Å². The number of hydrogen-bond acceptors (Lipinski definition) is 5. The molecule has 1 aliphatic heterocycles. The molecule has 0 spiro atoms. The van der Waals surface area contributed by atoms with Gasteiger partial charge in [0.2, 0.25) is 0 Å². The van der Waals surface area contributed by atoms with E-state index in [1.54, 1.807) is 0 Å². The SMILES string of the molecule is CCNc1cc(NCC2CCOC2)nc(C(C)(C)C)n1. The van der Waals surface area contributed by atoms with Crippen LogP contribution in [0.15, 0.2) is 6.07 Å². The van der Waals surface area contributed by atoms with Crippen molar-refractivity contribution in [1.82, 2.24) is 9.97 Å². The molecule has 1 aliphatic rings. The zero-order valence-electron chi connectivity index (χ0n) is 13.0. The van der Waals surface area contributed by atoms with Crippen LogP contribution in [-0.4, -0.2) is 36.3 Å². The first-order valence-corrected chi connectivity index (χ1v) is 7.44. The number of hydrogen-bond donors (Lipinski definition) is 2. The number of rotatable bonds is 5. The van der Waals surface area contributed by atoms with E-state index in [1.807, 2.05) is 6.07 Å². The number of nitrogens with one attached hydrogen (secondary N) is 2. The zero-order chi connectivity index (χ0) is 14.6. The fourth-order valence-corrected chi connectivity index (χ4v) is 2.14. The van der Waals surface area contributed by atoms with Crippen molar-refractivity contribution in [1.29, 1.82) is 0 Å². The predicted molar refractivity (Wildman–Crippen MR) is 82.3 cm³/mol. The molecule has 0 bridgehead atoms. The van der Waals surface area contributed by atoms with E-state index in [2.05, 4.69) is 48.3 Å². The molecule has 5 nitrogen and oxygen atoms in total. The highest BCUT2D eigenvalue weighted by molar-refractivity contribution is 5.48. The van der Waals surface area contributed by atoms with Crippen LogP contribution in [0.2, 0.25) is 0 Å². The second-order valence-electron chi connectivity index (χ2n) is 6.35. The Labute approximate surface area is 121 Å². The van der Waals surface area contributed by atoms with E-state index in [4.69, 9.17) is 4.74 Å². The van der Waals surface area contributed by atoms with Crippen LogP contribution < -0.4 is 10.6 Å². The first kappa shape index (κ1) is 15.0. The largest absolute Gasteiger partial charge is 0.381 e. The van der Waals surface area contributed by atoms with E-state index in [9.17, 15) is 0 Å². The molecule has 1 fully saturated rings. The van der Waals surface area contributed by atoms with Crippen LogP contribution in [0, 0.1) is 5.92 Å². The van der Waals surface area contributed by atoms with Crippen LogP contribution in [0.3, 0.4) is 0 Å². The van der Waals surface area contributed by atoms with Crippen LogP contribution in [0.4, 0.5) is 11.6 Å². The average Bonchev–Trinajstić information content (AvgIpc) is 2.88. The summed E-state index contributed by atoms with van der Waals surface area (Å²) in [7, 11) is 0. The lowest BCUT2D eigenvalue weighted by molar-refractivity contribution is 0.187. The highest BCUT2D eigenvalue weighted by atomic mass is 16.5. The summed E-state index contributed by atoms with van der Waals surface area (Å²) in [6.45, 7) is 12.0. The third kappa shape index (κ3) is 4.07. The first-order valence-electron chi connectivity index (χ1n) is 7.44. The first-order chi connectivity index (χ1) is 9.49. The van der Waals surface area contributed by atoms with Crippen LogP contribution in [-0.2, 0) is 10.2 Å². The van der Waals surface area contributed by atoms with Crippen molar-refractivity contribution in [3.8, 4) is 0 Å². The molecule has 5 heteroatoms. The van der Waals surface area contributed by atoms with Gasteiger partial charge < -0.3 is 15.4 Å². The van der Waals surface area contributed by atoms with E-state index in [1.165, 1.54) is 0 Å². The zero-order valence-corrected chi connectivity index (χ0v) is 13.0. The Morgan fingerprint density at radius 1 is 1.25 bits per heavy atom. The maximum absolute atomic E-state index is 5.40. The number of anilines is 2. The number of aromatic nitrogens is 2. The topological polar surface area (TPSA) is 59.1 Å². The molecule has 0 aromatic carbocycles. The Morgan fingerprint density at radius 2 is 1.95 bits per heavy atom. The summed E-state index contributed by atoms with van der Waals surface area (Å²) >= 11 is 0. The van der Waals surface area contributed by atoms with Gasteiger partial charge in [-0.15, -0.1) is 0 Å². The lowest BCUT2D eigenvalue weighted by Gasteiger charge is -2.19. The number of ether oxygens (including phenoxy) is 1. The summed E-state index contributed by atoms with van der Waals surface area (Å²) in [4.78, 5) is 9.23. The van der Waals surface area contributed by atoms with Crippen LogP contribution in [0.5, 0.6) is 0 Å². The van der Waals surface area contributed by atoms with E-state index in [0.717, 1.165) is 50.2 Å². The molecule has 1 atom stereocenters. The molecule has 0 amide bonds. The molecular formula is C15H26N4O. The fourth-order valence-electron chi connectivity index (χ4n) is 2.14. The Bertz CT molecular complexity index is 436. The van der Waals surface area contributed by atoms with Gasteiger partial charge in [0, 0.05) is 37.1 Å². The Balaban J connectivity index is 2.11. The van der Waals surface area contributed by atoms with Crippen molar-refractivity contribution >= 4 is 11.6 Å². The van der Waals surface area contributed by atoms with E-state index in [-0.39, 0.29) is 5.41 Å². The predicted octanol–water partition coefficient (Wildman–Crippen LogP) is 2.65. The molecule has 2 heterocycles. The molecule has 1 aromatic rings. The number of nitrogens with zero attached hydrogens (tertiary/aromatic N) is 2. The molecule has 0 saturated carbocycles. The van der Waals surface area contributed by atoms with Gasteiger partial charge in [0.25, 0.3) is 0 Å². The summed E-state index contributed by atoms with van der Waals surface area (Å²) < 4.78 is 5.40. The molecule has 20 heavy (non-hydrogen) atoms. The molecule has 0 aliphatic carbocycles. The smallest absolute Gasteiger partial charge is 0.138 e. The lowest BCUT2D eigenvalue weighted by Crippen LogP contribution is -2.20. The maximum Gasteiger partial charge on any atom is 0.138 e. The van der Waals surface area contributed by atoms with Gasteiger partial charge in [-0.3, -0.25) is 0 Å². The van der Waals surface area contributed by atoms with E-state index >= 15 is 0 Å². The Kier molecular flexibility index (Phi) is 4.81. The van der Waals surface area contributed by atoms with Gasteiger partial charge in [0.05, 0.1) is 6.61 Å². The highest BCUT2D eigenvalue weighted by Crippen LogP contribution is 2.23. The van der Waals surface area contributed by atoms with Crippen molar-refractivity contribution < 1.29 is 4.74 Å². The fraction of sp³-hybridized carbons (Fsp3) is 0.733. The lowest BCUT2D eigenvalue weighted by atomic mass is 9.96. The minimum absolute atomic E-state index is 0.0572. The second-order valence-corrected chi connectivity index (χ2v) is 6.35. The van der Waals surface area contributed by atoms with E-state index < -0.39 is 0 Å². The van der Waals surface area contributed by atoms with Crippen LogP contribution in [0.1, 0.15) is 39.9 Å². The maximum atomic E-state index is 5.40. The quantitative estimate of drug-likeness (QED) is 0.867. The molecule has 0 radical (unpaired) electrons. The standard InChI is InChI=1S/C15H26N4O/c1-5-16-12-8-13(17-9-11-6-7-20-10-11)19-14(18-12)15(2,3)4/h8,11H,5-7,9-10H2,1-4H3,(H2,16,17,18,19). The summed E-state index contributed by atoms with van der Waals surface area (Å²) in [5, 5.41) is 6.70. The second kappa shape index (κ2) is 6.39. The Morgan fingerprint density at radius 3 is 2.50 bits per heavy atom.